The van der Waals surface area contributed by atoms with E-state index < -0.39 is 40.7 Å². The number of ether oxygens (including phenoxy) is 4. The fraction of sp³-hybridized carbons (Fsp3) is 0.739. The van der Waals surface area contributed by atoms with Gasteiger partial charge in [0.2, 0.25) is 0 Å². The monoisotopic (exact) mass is 434 g/mol. The minimum atomic E-state index is -1.27. The Hall–Kier alpha value is -1.74. The van der Waals surface area contributed by atoms with Gasteiger partial charge < -0.3 is 28.5 Å². The fourth-order valence-electron chi connectivity index (χ4n) is 7.04. The minimum absolute atomic E-state index is 0.0544. The number of carbonyl (C=O) groups excluding carboxylic acids is 2. The number of esters is 1. The van der Waals surface area contributed by atoms with Crippen LogP contribution in [0.2, 0.25) is 0 Å². The van der Waals surface area contributed by atoms with Crippen LogP contribution in [0.5, 0.6) is 0 Å². The molecule has 2 saturated heterocycles. The number of Topliss-reactive ketones (excluding diaryl/α,β-unsaturated/α-hetero) is 1. The molecule has 2 aliphatic heterocycles. The van der Waals surface area contributed by atoms with E-state index in [0.717, 1.165) is 24.8 Å². The molecule has 0 amide bonds. The van der Waals surface area contributed by atoms with Gasteiger partial charge in [0, 0.05) is 30.9 Å². The average molecular weight is 434 g/mol. The zero-order valence-electron chi connectivity index (χ0n) is 18.2. The lowest BCUT2D eigenvalue weighted by atomic mass is 9.42. The highest BCUT2D eigenvalue weighted by Crippen LogP contribution is 2.71. The van der Waals surface area contributed by atoms with E-state index in [0.29, 0.717) is 13.0 Å². The third-order valence-corrected chi connectivity index (χ3v) is 8.58. The predicted octanol–water partition coefficient (Wildman–Crippen LogP) is 2.40. The predicted molar refractivity (Wildman–Crippen MR) is 106 cm³/mol. The Morgan fingerprint density at radius 3 is 2.77 bits per heavy atom. The molecule has 31 heavy (non-hydrogen) atoms. The van der Waals surface area contributed by atoms with Crippen LogP contribution in [0, 0.1) is 22.7 Å². The van der Waals surface area contributed by atoms with E-state index in [1.807, 2.05) is 13.0 Å². The maximum atomic E-state index is 13.6. The van der Waals surface area contributed by atoms with E-state index in [2.05, 4.69) is 0 Å². The summed E-state index contributed by atoms with van der Waals surface area (Å²) in [5.74, 6) is -1.38. The molecular weight excluding hydrogens is 404 g/mol. The molecule has 1 aromatic rings. The van der Waals surface area contributed by atoms with Crippen molar-refractivity contribution in [1.29, 1.82) is 0 Å². The highest BCUT2D eigenvalue weighted by Gasteiger charge is 2.79. The summed E-state index contributed by atoms with van der Waals surface area (Å²) in [6.07, 6.45) is 3.98. The number of ketones is 1. The maximum Gasteiger partial charge on any atom is 0.302 e. The lowest BCUT2D eigenvalue weighted by molar-refractivity contribution is -0.255. The van der Waals surface area contributed by atoms with E-state index in [1.165, 1.54) is 6.92 Å². The number of rotatable bonds is 4. The van der Waals surface area contributed by atoms with E-state index >= 15 is 0 Å². The summed E-state index contributed by atoms with van der Waals surface area (Å²) in [5.41, 5.74) is -1.48. The SMILES string of the molecule is CO[C@@H]1O[C@@H](c2ccoc2)C[C@]12[C@H](C)C(=O)[C@H](O)[C@]1(COC(C)=O)[C@@H]2CCC[C@]12CO2. The molecule has 4 aliphatic rings. The standard InChI is InChI=1S/C23H30O8/c1-13-18(25)19(26)23(12-29-14(2)24)17(5-4-7-21(23)11-30-21)22(13)9-16(31-20(22)27-3)15-6-8-28-10-15/h6,8,10,13,16-17,19-20,26H,4-5,7,9,11-12H2,1-3H3/t13-,16-,17-,19+,20-,21+,22-,23+/m1/s1. The van der Waals surface area contributed by atoms with Crippen molar-refractivity contribution in [2.45, 2.75) is 63.6 Å². The Bertz CT molecular complexity index is 861. The van der Waals surface area contributed by atoms with Crippen LogP contribution >= 0.6 is 0 Å². The number of aliphatic hydroxyl groups excluding tert-OH is 1. The first kappa shape index (κ1) is 21.1. The molecule has 5 rings (SSSR count). The van der Waals surface area contributed by atoms with Crippen molar-refractivity contribution < 1.29 is 38.1 Å². The maximum absolute atomic E-state index is 13.6. The van der Waals surface area contributed by atoms with Gasteiger partial charge in [0.25, 0.3) is 0 Å². The van der Waals surface area contributed by atoms with Gasteiger partial charge in [-0.3, -0.25) is 9.59 Å². The number of epoxide rings is 1. The molecule has 2 saturated carbocycles. The van der Waals surface area contributed by atoms with Gasteiger partial charge in [-0.15, -0.1) is 0 Å². The first-order chi connectivity index (χ1) is 14.8. The van der Waals surface area contributed by atoms with Crippen LogP contribution in [-0.4, -0.2) is 55.2 Å². The molecule has 0 aromatic carbocycles. The summed E-state index contributed by atoms with van der Waals surface area (Å²) < 4.78 is 29.0. The minimum Gasteiger partial charge on any atom is -0.472 e. The summed E-state index contributed by atoms with van der Waals surface area (Å²) in [4.78, 5) is 25.4. The van der Waals surface area contributed by atoms with Crippen molar-refractivity contribution in [1.82, 2.24) is 0 Å². The van der Waals surface area contributed by atoms with Crippen molar-refractivity contribution >= 4 is 11.8 Å². The number of aliphatic hydroxyl groups is 1. The van der Waals surface area contributed by atoms with Gasteiger partial charge in [-0.1, -0.05) is 13.3 Å². The smallest absolute Gasteiger partial charge is 0.302 e. The van der Waals surface area contributed by atoms with Crippen LogP contribution in [0.1, 0.15) is 51.2 Å². The molecule has 1 N–H and O–H groups in total. The third-order valence-electron chi connectivity index (χ3n) is 8.58. The molecule has 2 spiro atoms. The largest absolute Gasteiger partial charge is 0.472 e. The van der Waals surface area contributed by atoms with Crippen LogP contribution < -0.4 is 0 Å². The Morgan fingerprint density at radius 1 is 1.39 bits per heavy atom. The third kappa shape index (κ3) is 2.68. The molecule has 3 heterocycles. The van der Waals surface area contributed by atoms with Crippen molar-refractivity contribution in [2.75, 3.05) is 20.3 Å². The van der Waals surface area contributed by atoms with Gasteiger partial charge in [-0.05, 0) is 31.2 Å². The Morgan fingerprint density at radius 2 is 2.16 bits per heavy atom. The van der Waals surface area contributed by atoms with Crippen LogP contribution in [0.4, 0.5) is 0 Å². The second-order valence-electron chi connectivity index (χ2n) is 9.64. The lowest BCUT2D eigenvalue weighted by Crippen LogP contribution is -2.71. The van der Waals surface area contributed by atoms with Gasteiger partial charge in [-0.2, -0.15) is 0 Å². The van der Waals surface area contributed by atoms with Gasteiger partial charge >= 0.3 is 5.97 Å². The highest BCUT2D eigenvalue weighted by molar-refractivity contribution is 5.88. The zero-order valence-corrected chi connectivity index (χ0v) is 18.2. The molecule has 0 unspecified atom stereocenters. The lowest BCUT2D eigenvalue weighted by Gasteiger charge is -2.61. The Balaban J connectivity index is 1.65. The molecule has 8 atom stereocenters. The molecule has 1 aromatic heterocycles. The van der Waals surface area contributed by atoms with Gasteiger partial charge in [-0.25, -0.2) is 0 Å². The Labute approximate surface area is 181 Å². The summed E-state index contributed by atoms with van der Waals surface area (Å²) in [6, 6.07) is 1.86. The summed E-state index contributed by atoms with van der Waals surface area (Å²) >= 11 is 0. The van der Waals surface area contributed by atoms with Gasteiger partial charge in [0.15, 0.2) is 12.1 Å². The summed E-state index contributed by atoms with van der Waals surface area (Å²) in [6.45, 7) is 3.60. The molecule has 0 bridgehead atoms. The van der Waals surface area contributed by atoms with Crippen molar-refractivity contribution in [3.05, 3.63) is 24.2 Å². The van der Waals surface area contributed by atoms with Crippen LogP contribution in [-0.2, 0) is 28.5 Å². The number of hydrogen-bond donors (Lipinski definition) is 1. The molecule has 2 aliphatic carbocycles. The van der Waals surface area contributed by atoms with Crippen molar-refractivity contribution in [3.63, 3.8) is 0 Å². The molecule has 8 nitrogen and oxygen atoms in total. The van der Waals surface area contributed by atoms with Crippen LogP contribution in [0.25, 0.3) is 0 Å². The quantitative estimate of drug-likeness (QED) is 0.569. The van der Waals surface area contributed by atoms with Gasteiger partial charge in [0.1, 0.15) is 18.3 Å². The number of fused-ring (bicyclic) bond motifs is 3. The fourth-order valence-corrected chi connectivity index (χ4v) is 7.04. The first-order valence-corrected chi connectivity index (χ1v) is 11.0. The molecular formula is C23H30O8. The zero-order chi connectivity index (χ0) is 22.0. The topological polar surface area (TPSA) is 108 Å². The summed E-state index contributed by atoms with van der Waals surface area (Å²) in [7, 11) is 1.59. The van der Waals surface area contributed by atoms with Crippen LogP contribution in [0.15, 0.2) is 23.0 Å². The van der Waals surface area contributed by atoms with Crippen LogP contribution in [0.3, 0.4) is 0 Å². The van der Waals surface area contributed by atoms with E-state index in [-0.39, 0.29) is 24.4 Å². The first-order valence-electron chi connectivity index (χ1n) is 11.0. The molecule has 170 valence electrons. The molecule has 4 fully saturated rings. The number of hydrogen-bond acceptors (Lipinski definition) is 8. The second kappa shape index (κ2) is 7.13. The van der Waals surface area contributed by atoms with E-state index in [1.54, 1.807) is 19.6 Å². The van der Waals surface area contributed by atoms with Crippen molar-refractivity contribution in [2.24, 2.45) is 22.7 Å². The number of methoxy groups -OCH3 is 1. The molecule has 0 radical (unpaired) electrons. The molecule has 8 heteroatoms. The number of carbonyl (C=O) groups is 2. The number of furan rings is 1. The highest BCUT2D eigenvalue weighted by atomic mass is 16.7. The second-order valence-corrected chi connectivity index (χ2v) is 9.64. The van der Waals surface area contributed by atoms with Gasteiger partial charge in [0.05, 0.1) is 30.7 Å². The average Bonchev–Trinajstić information content (AvgIpc) is 3.18. The van der Waals surface area contributed by atoms with E-state index in [9.17, 15) is 14.7 Å². The normalized spacial score (nSPS) is 46.3. The summed E-state index contributed by atoms with van der Waals surface area (Å²) in [5, 5.41) is 11.4. The van der Waals surface area contributed by atoms with Crippen molar-refractivity contribution in [3.8, 4) is 0 Å². The van der Waals surface area contributed by atoms with E-state index in [4.69, 9.17) is 23.4 Å². The Kier molecular flexibility index (Phi) is 4.86.